The molecule has 148 valence electrons. The van der Waals surface area contributed by atoms with Crippen molar-refractivity contribution in [2.75, 3.05) is 26.8 Å². The third-order valence-corrected chi connectivity index (χ3v) is 4.78. The molecule has 1 aliphatic rings. The minimum absolute atomic E-state index is 0.0235. The predicted molar refractivity (Wildman–Crippen MR) is 102 cm³/mol. The third-order valence-electron chi connectivity index (χ3n) is 4.78. The number of benzene rings is 2. The molecule has 1 heterocycles. The number of amides is 2. The van der Waals surface area contributed by atoms with Gasteiger partial charge in [0.15, 0.2) is 6.61 Å². The van der Waals surface area contributed by atoms with E-state index in [2.05, 4.69) is 5.32 Å². The Morgan fingerprint density at radius 1 is 1.07 bits per heavy atom. The summed E-state index contributed by atoms with van der Waals surface area (Å²) in [4.78, 5) is 25.9. The first-order valence-electron chi connectivity index (χ1n) is 9.03. The lowest BCUT2D eigenvalue weighted by molar-refractivity contribution is -0.132. The lowest BCUT2D eigenvalue weighted by Crippen LogP contribution is -2.40. The van der Waals surface area contributed by atoms with Gasteiger partial charge in [0.25, 0.3) is 5.91 Å². The molecule has 1 N–H and O–H groups in total. The van der Waals surface area contributed by atoms with Gasteiger partial charge >= 0.3 is 0 Å². The number of ether oxygens (including phenoxy) is 2. The highest BCUT2D eigenvalue weighted by molar-refractivity contribution is 5.79. The van der Waals surface area contributed by atoms with E-state index in [0.717, 1.165) is 11.3 Å². The largest absolute Gasteiger partial charge is 0.497 e. The number of hydrogen-bond donors (Lipinski definition) is 1. The molecular weight excluding hydrogens is 363 g/mol. The predicted octanol–water partition coefficient (Wildman–Crippen LogP) is 2.34. The van der Waals surface area contributed by atoms with Crippen molar-refractivity contribution >= 4 is 11.8 Å². The Morgan fingerprint density at radius 2 is 1.71 bits per heavy atom. The van der Waals surface area contributed by atoms with Crippen LogP contribution in [0.25, 0.3) is 0 Å². The molecule has 0 saturated carbocycles. The number of nitrogens with one attached hydrogen (secondary N) is 1. The maximum atomic E-state index is 13.0. The molecule has 0 aliphatic carbocycles. The standard InChI is InChI=1S/C21H23FN2O4/c1-14(25)23-20-12-24(11-19(20)15-3-7-17(27-2)8-4-15)21(26)13-28-18-9-5-16(22)6-10-18/h3-10,19-20H,11-13H2,1-2H3,(H,23,25)/t19-,20+/m0/s1. The van der Waals surface area contributed by atoms with E-state index in [-0.39, 0.29) is 36.2 Å². The number of methoxy groups -OCH3 is 1. The van der Waals surface area contributed by atoms with Crippen LogP contribution in [-0.4, -0.2) is 49.6 Å². The fourth-order valence-electron chi connectivity index (χ4n) is 3.37. The van der Waals surface area contributed by atoms with Gasteiger partial charge in [-0.05, 0) is 42.0 Å². The summed E-state index contributed by atoms with van der Waals surface area (Å²) in [6, 6.07) is 13.0. The zero-order chi connectivity index (χ0) is 20.1. The third kappa shape index (κ3) is 4.79. The van der Waals surface area contributed by atoms with Crippen LogP contribution in [0.2, 0.25) is 0 Å². The van der Waals surface area contributed by atoms with E-state index < -0.39 is 0 Å². The van der Waals surface area contributed by atoms with Gasteiger partial charge in [-0.1, -0.05) is 12.1 Å². The Morgan fingerprint density at radius 3 is 2.32 bits per heavy atom. The molecular formula is C21H23FN2O4. The molecule has 1 saturated heterocycles. The molecule has 0 unspecified atom stereocenters. The van der Waals surface area contributed by atoms with Crippen molar-refractivity contribution in [3.8, 4) is 11.5 Å². The van der Waals surface area contributed by atoms with Gasteiger partial charge in [-0.3, -0.25) is 9.59 Å². The lowest BCUT2D eigenvalue weighted by Gasteiger charge is -2.19. The lowest BCUT2D eigenvalue weighted by atomic mass is 9.94. The monoisotopic (exact) mass is 386 g/mol. The highest BCUT2D eigenvalue weighted by Crippen LogP contribution is 2.29. The quantitative estimate of drug-likeness (QED) is 0.828. The number of halogens is 1. The number of hydrogen-bond acceptors (Lipinski definition) is 4. The highest BCUT2D eigenvalue weighted by Gasteiger charge is 2.36. The number of nitrogens with zero attached hydrogens (tertiary/aromatic N) is 1. The molecule has 0 radical (unpaired) electrons. The molecule has 2 aromatic rings. The summed E-state index contributed by atoms with van der Waals surface area (Å²) in [5.74, 6) is 0.469. The van der Waals surface area contributed by atoms with E-state index in [0.29, 0.717) is 18.8 Å². The number of likely N-dealkylation sites (tertiary alicyclic amines) is 1. The first-order valence-corrected chi connectivity index (χ1v) is 9.03. The number of carbonyl (C=O) groups is 2. The van der Waals surface area contributed by atoms with E-state index in [4.69, 9.17) is 9.47 Å². The smallest absolute Gasteiger partial charge is 0.260 e. The average molecular weight is 386 g/mol. The fourth-order valence-corrected chi connectivity index (χ4v) is 3.37. The van der Waals surface area contributed by atoms with Crippen LogP contribution in [0.4, 0.5) is 4.39 Å². The first kappa shape index (κ1) is 19.7. The van der Waals surface area contributed by atoms with Gasteiger partial charge in [0.05, 0.1) is 13.2 Å². The normalized spacial score (nSPS) is 18.6. The van der Waals surface area contributed by atoms with Crippen molar-refractivity contribution in [3.05, 3.63) is 59.9 Å². The Hall–Kier alpha value is -3.09. The molecule has 2 atom stereocenters. The molecule has 2 aromatic carbocycles. The second kappa shape index (κ2) is 8.73. The summed E-state index contributed by atoms with van der Waals surface area (Å²) in [7, 11) is 1.60. The summed E-state index contributed by atoms with van der Waals surface area (Å²) >= 11 is 0. The molecule has 28 heavy (non-hydrogen) atoms. The van der Waals surface area contributed by atoms with Gasteiger partial charge < -0.3 is 19.7 Å². The SMILES string of the molecule is COc1ccc([C@@H]2CN(C(=O)COc3ccc(F)cc3)C[C@H]2NC(C)=O)cc1. The number of carbonyl (C=O) groups excluding carboxylic acids is 2. The summed E-state index contributed by atoms with van der Waals surface area (Å²) in [6.07, 6.45) is 0. The second-order valence-electron chi connectivity index (χ2n) is 6.73. The Labute approximate surface area is 163 Å². The van der Waals surface area contributed by atoms with Crippen LogP contribution in [0.5, 0.6) is 11.5 Å². The molecule has 3 rings (SSSR count). The van der Waals surface area contributed by atoms with Gasteiger partial charge in [-0.25, -0.2) is 4.39 Å². The van der Waals surface area contributed by atoms with Crippen molar-refractivity contribution < 1.29 is 23.5 Å². The van der Waals surface area contributed by atoms with Crippen LogP contribution in [0.1, 0.15) is 18.4 Å². The van der Waals surface area contributed by atoms with Gasteiger partial charge in [0.1, 0.15) is 17.3 Å². The van der Waals surface area contributed by atoms with E-state index in [1.165, 1.54) is 31.2 Å². The highest BCUT2D eigenvalue weighted by atomic mass is 19.1. The summed E-state index contributed by atoms with van der Waals surface area (Å²) in [5.41, 5.74) is 1.02. The zero-order valence-corrected chi connectivity index (χ0v) is 15.9. The minimum Gasteiger partial charge on any atom is -0.497 e. The van der Waals surface area contributed by atoms with E-state index >= 15 is 0 Å². The van der Waals surface area contributed by atoms with E-state index in [1.54, 1.807) is 12.0 Å². The molecule has 0 bridgehead atoms. The number of rotatable bonds is 6. The van der Waals surface area contributed by atoms with Crippen molar-refractivity contribution in [1.29, 1.82) is 0 Å². The molecule has 6 nitrogen and oxygen atoms in total. The van der Waals surface area contributed by atoms with E-state index in [1.807, 2.05) is 24.3 Å². The van der Waals surface area contributed by atoms with Crippen molar-refractivity contribution in [3.63, 3.8) is 0 Å². The first-order chi connectivity index (χ1) is 13.5. The van der Waals surface area contributed by atoms with Crippen LogP contribution in [0.3, 0.4) is 0 Å². The fraction of sp³-hybridized carbons (Fsp3) is 0.333. The summed E-state index contributed by atoms with van der Waals surface area (Å²) in [6.45, 7) is 2.20. The minimum atomic E-state index is -0.362. The molecule has 0 spiro atoms. The molecule has 1 fully saturated rings. The van der Waals surface area contributed by atoms with Crippen LogP contribution in [0, 0.1) is 5.82 Å². The Balaban J connectivity index is 1.67. The van der Waals surface area contributed by atoms with Crippen LogP contribution in [-0.2, 0) is 9.59 Å². The topological polar surface area (TPSA) is 67.9 Å². The van der Waals surface area contributed by atoms with Crippen LogP contribution < -0.4 is 14.8 Å². The molecule has 0 aromatic heterocycles. The molecule has 1 aliphatic heterocycles. The van der Waals surface area contributed by atoms with Gasteiger partial charge in [-0.2, -0.15) is 0 Å². The van der Waals surface area contributed by atoms with Crippen molar-refractivity contribution in [2.45, 2.75) is 18.9 Å². The maximum Gasteiger partial charge on any atom is 0.260 e. The summed E-state index contributed by atoms with van der Waals surface area (Å²) in [5, 5.41) is 2.94. The summed E-state index contributed by atoms with van der Waals surface area (Å²) < 4.78 is 23.6. The zero-order valence-electron chi connectivity index (χ0n) is 15.9. The second-order valence-corrected chi connectivity index (χ2v) is 6.73. The van der Waals surface area contributed by atoms with Crippen molar-refractivity contribution in [2.24, 2.45) is 0 Å². The van der Waals surface area contributed by atoms with Crippen molar-refractivity contribution in [1.82, 2.24) is 10.2 Å². The maximum absolute atomic E-state index is 13.0. The van der Waals surface area contributed by atoms with Gasteiger partial charge in [0, 0.05) is 25.9 Å². The Kier molecular flexibility index (Phi) is 6.13. The van der Waals surface area contributed by atoms with Crippen LogP contribution in [0.15, 0.2) is 48.5 Å². The Bertz CT molecular complexity index is 823. The van der Waals surface area contributed by atoms with Gasteiger partial charge in [-0.15, -0.1) is 0 Å². The van der Waals surface area contributed by atoms with Crippen LogP contribution >= 0.6 is 0 Å². The van der Waals surface area contributed by atoms with Gasteiger partial charge in [0.2, 0.25) is 5.91 Å². The molecule has 7 heteroatoms. The van der Waals surface area contributed by atoms with E-state index in [9.17, 15) is 14.0 Å². The molecule has 2 amide bonds. The average Bonchev–Trinajstić information content (AvgIpc) is 3.10.